The van der Waals surface area contributed by atoms with Crippen molar-refractivity contribution in [2.24, 2.45) is 17.3 Å². The molecule has 3 aromatic carbocycles. The van der Waals surface area contributed by atoms with E-state index in [2.05, 4.69) is 10.2 Å². The van der Waals surface area contributed by atoms with Gasteiger partial charge >= 0.3 is 0 Å². The highest BCUT2D eigenvalue weighted by Crippen LogP contribution is 2.37. The first kappa shape index (κ1) is 24.2. The van der Waals surface area contributed by atoms with Crippen LogP contribution in [0.25, 0.3) is 10.9 Å². The summed E-state index contributed by atoms with van der Waals surface area (Å²) >= 11 is 0. The van der Waals surface area contributed by atoms with E-state index in [9.17, 15) is 18.3 Å². The number of benzene rings is 3. The van der Waals surface area contributed by atoms with E-state index in [0.717, 1.165) is 20.9 Å². The van der Waals surface area contributed by atoms with Crippen molar-refractivity contribution in [1.82, 2.24) is 4.57 Å². The van der Waals surface area contributed by atoms with Gasteiger partial charge in [0.15, 0.2) is 5.69 Å². The standard InChI is InChI=1S/C26H26N4O4S/c1-17-10-13-20(14-11-17)35(33,34)30(23-15-18(2)9-12-19(23)3)16-24(31)27-28-25-21-7-5-6-8-22(21)29(4)26(25)32/h5-15,32H,16H2,1-4H3. The molecule has 0 atom stereocenters. The van der Waals surface area contributed by atoms with Crippen molar-refractivity contribution in [3.8, 4) is 5.88 Å². The first-order valence-corrected chi connectivity index (χ1v) is 12.4. The number of aromatic hydroxyl groups is 1. The lowest BCUT2D eigenvalue weighted by molar-refractivity contribution is -0.116. The maximum absolute atomic E-state index is 13.6. The highest BCUT2D eigenvalue weighted by molar-refractivity contribution is 7.92. The number of anilines is 1. The van der Waals surface area contributed by atoms with Crippen LogP contribution in [0.4, 0.5) is 11.4 Å². The van der Waals surface area contributed by atoms with E-state index in [1.54, 1.807) is 48.9 Å². The summed E-state index contributed by atoms with van der Waals surface area (Å²) in [6.45, 7) is 4.96. The number of sulfonamides is 1. The molecule has 4 aromatic rings. The molecule has 35 heavy (non-hydrogen) atoms. The van der Waals surface area contributed by atoms with Gasteiger partial charge < -0.3 is 9.67 Å². The Bertz CT molecular complexity index is 1550. The van der Waals surface area contributed by atoms with Crippen molar-refractivity contribution in [3.05, 3.63) is 83.4 Å². The second-order valence-electron chi connectivity index (χ2n) is 8.46. The van der Waals surface area contributed by atoms with Gasteiger partial charge in [-0.3, -0.25) is 9.10 Å². The van der Waals surface area contributed by atoms with Crippen LogP contribution in [-0.2, 0) is 21.9 Å². The molecule has 0 saturated heterocycles. The minimum Gasteiger partial charge on any atom is -0.493 e. The number of carbonyl (C=O) groups excluding carboxylic acids is 1. The van der Waals surface area contributed by atoms with Crippen LogP contribution in [0.15, 0.2) is 81.9 Å². The molecule has 0 aliphatic rings. The van der Waals surface area contributed by atoms with Crippen LogP contribution in [0.2, 0.25) is 0 Å². The largest absolute Gasteiger partial charge is 0.493 e. The molecule has 4 rings (SSSR count). The molecule has 0 saturated carbocycles. The number of azo groups is 1. The summed E-state index contributed by atoms with van der Waals surface area (Å²) in [6, 6.07) is 19.0. The van der Waals surface area contributed by atoms with Gasteiger partial charge in [0, 0.05) is 12.4 Å². The van der Waals surface area contributed by atoms with Crippen LogP contribution in [0, 0.1) is 20.8 Å². The second-order valence-corrected chi connectivity index (χ2v) is 10.3. The Morgan fingerprint density at radius 1 is 0.971 bits per heavy atom. The molecule has 9 heteroatoms. The fourth-order valence-corrected chi connectivity index (χ4v) is 5.31. The molecule has 8 nitrogen and oxygen atoms in total. The summed E-state index contributed by atoms with van der Waals surface area (Å²) in [5, 5.41) is 18.8. The van der Waals surface area contributed by atoms with Crippen LogP contribution < -0.4 is 4.31 Å². The molecule has 180 valence electrons. The molecule has 0 radical (unpaired) electrons. The molecule has 0 unspecified atom stereocenters. The summed E-state index contributed by atoms with van der Waals surface area (Å²) in [7, 11) is -2.39. The normalized spacial score (nSPS) is 11.9. The third-order valence-corrected chi connectivity index (χ3v) is 7.61. The minimum atomic E-state index is -4.07. The number of aromatic nitrogens is 1. The van der Waals surface area contributed by atoms with Crippen molar-refractivity contribution in [2.45, 2.75) is 25.7 Å². The number of rotatable bonds is 6. The van der Waals surface area contributed by atoms with Gasteiger partial charge in [-0.25, -0.2) is 8.42 Å². The lowest BCUT2D eigenvalue weighted by atomic mass is 10.1. The Morgan fingerprint density at radius 2 is 1.63 bits per heavy atom. The predicted octanol–water partition coefficient (Wildman–Crippen LogP) is 5.31. The topological polar surface area (TPSA) is 104 Å². The Kier molecular flexibility index (Phi) is 6.45. The van der Waals surface area contributed by atoms with E-state index >= 15 is 0 Å². The SMILES string of the molecule is Cc1ccc(S(=O)(=O)N(CC(=O)N=Nc2c(O)n(C)c3ccccc23)c2cc(C)ccc2C)cc1. The number of carbonyl (C=O) groups is 1. The number of nitrogens with zero attached hydrogens (tertiary/aromatic N) is 4. The number of para-hydroxylation sites is 1. The quantitative estimate of drug-likeness (QED) is 0.370. The number of fused-ring (bicyclic) bond motifs is 1. The number of amides is 1. The van der Waals surface area contributed by atoms with Crippen LogP contribution in [0.3, 0.4) is 0 Å². The van der Waals surface area contributed by atoms with E-state index in [1.807, 2.05) is 38.1 Å². The Hall–Kier alpha value is -3.98. The number of hydrogen-bond donors (Lipinski definition) is 1. The Labute approximate surface area is 204 Å². The Morgan fingerprint density at radius 3 is 2.34 bits per heavy atom. The molecule has 0 bridgehead atoms. The zero-order valence-corrected chi connectivity index (χ0v) is 20.7. The maximum Gasteiger partial charge on any atom is 0.285 e. The van der Waals surface area contributed by atoms with E-state index in [4.69, 9.17) is 0 Å². The molecular formula is C26H26N4O4S. The van der Waals surface area contributed by atoms with E-state index < -0.39 is 22.5 Å². The molecule has 0 aliphatic heterocycles. The Balaban J connectivity index is 1.73. The monoisotopic (exact) mass is 490 g/mol. The van der Waals surface area contributed by atoms with E-state index in [0.29, 0.717) is 16.6 Å². The average Bonchev–Trinajstić information content (AvgIpc) is 3.07. The lowest BCUT2D eigenvalue weighted by Gasteiger charge is -2.25. The third kappa shape index (κ3) is 4.67. The van der Waals surface area contributed by atoms with Gasteiger partial charge in [0.2, 0.25) is 5.88 Å². The van der Waals surface area contributed by atoms with Gasteiger partial charge in [0.25, 0.3) is 15.9 Å². The van der Waals surface area contributed by atoms with Gasteiger partial charge in [-0.05, 0) is 56.2 Å². The molecule has 1 aromatic heterocycles. The van der Waals surface area contributed by atoms with Crippen molar-refractivity contribution >= 4 is 38.2 Å². The van der Waals surface area contributed by atoms with Gasteiger partial charge in [-0.2, -0.15) is 0 Å². The predicted molar refractivity (Wildman–Crippen MR) is 136 cm³/mol. The zero-order valence-electron chi connectivity index (χ0n) is 19.9. The van der Waals surface area contributed by atoms with Gasteiger partial charge in [0.1, 0.15) is 6.54 Å². The number of aryl methyl sites for hydroxylation is 4. The molecule has 0 aliphatic carbocycles. The van der Waals surface area contributed by atoms with Crippen molar-refractivity contribution in [3.63, 3.8) is 0 Å². The first-order valence-electron chi connectivity index (χ1n) is 11.0. The summed E-state index contributed by atoms with van der Waals surface area (Å²) in [4.78, 5) is 13.0. The molecule has 0 spiro atoms. The smallest absolute Gasteiger partial charge is 0.285 e. The highest BCUT2D eigenvalue weighted by Gasteiger charge is 2.28. The summed E-state index contributed by atoms with van der Waals surface area (Å²) in [5.41, 5.74) is 3.73. The molecule has 1 N–H and O–H groups in total. The van der Waals surface area contributed by atoms with Crippen molar-refractivity contribution in [1.29, 1.82) is 0 Å². The fourth-order valence-electron chi connectivity index (χ4n) is 3.84. The van der Waals surface area contributed by atoms with Crippen LogP contribution >= 0.6 is 0 Å². The third-order valence-electron chi connectivity index (χ3n) is 5.83. The zero-order chi connectivity index (χ0) is 25.3. The van der Waals surface area contributed by atoms with Crippen molar-refractivity contribution in [2.75, 3.05) is 10.8 Å². The first-order chi connectivity index (χ1) is 16.6. The fraction of sp³-hybridized carbons (Fsp3) is 0.192. The van der Waals surface area contributed by atoms with Crippen molar-refractivity contribution < 1.29 is 18.3 Å². The summed E-state index contributed by atoms with van der Waals surface area (Å²) in [6.07, 6.45) is 0. The summed E-state index contributed by atoms with van der Waals surface area (Å²) in [5.74, 6) is -0.907. The van der Waals surface area contributed by atoms with E-state index in [-0.39, 0.29) is 16.5 Å². The van der Waals surface area contributed by atoms with Crippen LogP contribution in [0.1, 0.15) is 16.7 Å². The molecule has 0 fully saturated rings. The molecule has 1 heterocycles. The second kappa shape index (κ2) is 9.34. The van der Waals surface area contributed by atoms with Gasteiger partial charge in [-0.15, -0.1) is 10.2 Å². The van der Waals surface area contributed by atoms with E-state index in [1.165, 1.54) is 12.1 Å². The van der Waals surface area contributed by atoms with Crippen LogP contribution in [-0.4, -0.2) is 30.5 Å². The van der Waals surface area contributed by atoms with Crippen LogP contribution in [0.5, 0.6) is 5.88 Å². The maximum atomic E-state index is 13.6. The molecule has 1 amide bonds. The highest BCUT2D eigenvalue weighted by atomic mass is 32.2. The van der Waals surface area contributed by atoms with Gasteiger partial charge in [-0.1, -0.05) is 48.0 Å². The minimum absolute atomic E-state index is 0.0699. The van der Waals surface area contributed by atoms with Gasteiger partial charge in [0.05, 0.1) is 16.1 Å². The summed E-state index contributed by atoms with van der Waals surface area (Å²) < 4.78 is 29.8. The lowest BCUT2D eigenvalue weighted by Crippen LogP contribution is -2.35. The number of hydrogen-bond acceptors (Lipinski definition) is 5. The average molecular weight is 491 g/mol. The molecular weight excluding hydrogens is 464 g/mol.